The fourth-order valence-corrected chi connectivity index (χ4v) is 1.28. The van der Waals surface area contributed by atoms with Gasteiger partial charge in [-0.15, -0.1) is 0 Å². The van der Waals surface area contributed by atoms with Crippen molar-refractivity contribution in [3.05, 3.63) is 24.8 Å². The molecule has 0 amide bonds. The van der Waals surface area contributed by atoms with Crippen LogP contribution in [0, 0.1) is 5.92 Å². The molecule has 1 heterocycles. The van der Waals surface area contributed by atoms with Crippen molar-refractivity contribution < 1.29 is 9.47 Å². The average molecular weight is 226 g/mol. The van der Waals surface area contributed by atoms with Gasteiger partial charge in [0.15, 0.2) is 0 Å². The number of ether oxygens (including phenoxy) is 2. The maximum absolute atomic E-state index is 4.94. The van der Waals surface area contributed by atoms with E-state index in [9.17, 15) is 0 Å². The second kappa shape index (κ2) is 10.9. The van der Waals surface area contributed by atoms with Gasteiger partial charge in [-0.05, 0) is 18.8 Å². The van der Waals surface area contributed by atoms with Crippen LogP contribution in [-0.2, 0) is 9.47 Å². The van der Waals surface area contributed by atoms with Crippen LogP contribution in [0.3, 0.4) is 0 Å². The van der Waals surface area contributed by atoms with Crippen molar-refractivity contribution in [1.29, 1.82) is 0 Å². The Bertz CT molecular complexity index is 170. The normalized spacial score (nSPS) is 15.2. The second-order valence-corrected chi connectivity index (χ2v) is 4.37. The molecule has 0 N–H and O–H groups in total. The summed E-state index contributed by atoms with van der Waals surface area (Å²) in [5.41, 5.74) is 1.17. The predicted molar refractivity (Wildman–Crippen MR) is 69.7 cm³/mol. The highest BCUT2D eigenvalue weighted by molar-refractivity contribution is 5.10. The third kappa shape index (κ3) is 11.5. The summed E-state index contributed by atoms with van der Waals surface area (Å²) in [5.74, 6) is 0.817. The van der Waals surface area contributed by atoms with Crippen molar-refractivity contribution in [1.82, 2.24) is 0 Å². The van der Waals surface area contributed by atoms with Gasteiger partial charge < -0.3 is 9.47 Å². The van der Waals surface area contributed by atoms with Gasteiger partial charge in [0.1, 0.15) is 0 Å². The largest absolute Gasteiger partial charge is 0.377 e. The standard InChI is InChI=1S/C10H18.C4H8O2/c1-5-10(4)8-6-7-9(2)3;1-2-6-4-3-5-1/h5,9H,1,4,6-8H2,2-3H3;1-4H2. The van der Waals surface area contributed by atoms with Gasteiger partial charge in [0.2, 0.25) is 0 Å². The molecular weight excluding hydrogens is 200 g/mol. The maximum atomic E-state index is 4.94. The molecule has 1 fully saturated rings. The van der Waals surface area contributed by atoms with Crippen LogP contribution in [-0.4, -0.2) is 26.4 Å². The van der Waals surface area contributed by atoms with Crippen molar-refractivity contribution in [3.63, 3.8) is 0 Å². The lowest BCUT2D eigenvalue weighted by Gasteiger charge is -2.09. The van der Waals surface area contributed by atoms with Crippen molar-refractivity contribution in [2.75, 3.05) is 26.4 Å². The van der Waals surface area contributed by atoms with E-state index in [4.69, 9.17) is 9.47 Å². The summed E-state index contributed by atoms with van der Waals surface area (Å²) in [7, 11) is 0. The Morgan fingerprint density at radius 3 is 2.00 bits per heavy atom. The number of hydrogen-bond donors (Lipinski definition) is 0. The van der Waals surface area contributed by atoms with E-state index < -0.39 is 0 Å². The third-order valence-electron chi connectivity index (χ3n) is 2.31. The lowest BCUT2D eigenvalue weighted by molar-refractivity contribution is -0.0334. The van der Waals surface area contributed by atoms with Gasteiger partial charge in [-0.3, -0.25) is 0 Å². The van der Waals surface area contributed by atoms with Gasteiger partial charge in [0.25, 0.3) is 0 Å². The zero-order chi connectivity index (χ0) is 12.2. The van der Waals surface area contributed by atoms with Gasteiger partial charge in [0, 0.05) is 0 Å². The van der Waals surface area contributed by atoms with E-state index in [1.807, 2.05) is 6.08 Å². The molecule has 0 atom stereocenters. The molecule has 0 saturated carbocycles. The first-order valence-corrected chi connectivity index (χ1v) is 6.12. The van der Waals surface area contributed by atoms with Crippen LogP contribution in [0.4, 0.5) is 0 Å². The zero-order valence-corrected chi connectivity index (χ0v) is 10.8. The van der Waals surface area contributed by atoms with Crippen LogP contribution in [0.25, 0.3) is 0 Å². The Morgan fingerprint density at radius 1 is 1.19 bits per heavy atom. The van der Waals surface area contributed by atoms with Gasteiger partial charge >= 0.3 is 0 Å². The molecule has 1 aliphatic rings. The number of allylic oxidation sites excluding steroid dienone is 2. The second-order valence-electron chi connectivity index (χ2n) is 4.37. The van der Waals surface area contributed by atoms with Gasteiger partial charge in [-0.1, -0.05) is 45.1 Å². The Morgan fingerprint density at radius 2 is 1.69 bits per heavy atom. The molecule has 1 aliphatic heterocycles. The molecule has 0 aromatic heterocycles. The Hall–Kier alpha value is -0.600. The quantitative estimate of drug-likeness (QED) is 0.667. The average Bonchev–Trinajstić information content (AvgIpc) is 2.31. The van der Waals surface area contributed by atoms with Crippen LogP contribution in [0.2, 0.25) is 0 Å². The molecule has 94 valence electrons. The molecule has 0 unspecified atom stereocenters. The van der Waals surface area contributed by atoms with E-state index >= 15 is 0 Å². The highest BCUT2D eigenvalue weighted by Crippen LogP contribution is 2.10. The minimum absolute atomic E-state index is 0.778. The van der Waals surface area contributed by atoms with Gasteiger partial charge in [-0.2, -0.15) is 0 Å². The topological polar surface area (TPSA) is 18.5 Å². The zero-order valence-electron chi connectivity index (χ0n) is 10.8. The van der Waals surface area contributed by atoms with Crippen molar-refractivity contribution >= 4 is 0 Å². The lowest BCUT2D eigenvalue weighted by Crippen LogP contribution is -2.16. The Balaban J connectivity index is 0.000000315. The van der Waals surface area contributed by atoms with Gasteiger partial charge in [0.05, 0.1) is 26.4 Å². The lowest BCUT2D eigenvalue weighted by atomic mass is 10.0. The van der Waals surface area contributed by atoms with E-state index in [1.165, 1.54) is 18.4 Å². The van der Waals surface area contributed by atoms with Crippen molar-refractivity contribution in [2.45, 2.75) is 33.1 Å². The summed E-state index contributed by atoms with van der Waals surface area (Å²) >= 11 is 0. The van der Waals surface area contributed by atoms with E-state index in [0.29, 0.717) is 0 Å². The molecule has 16 heavy (non-hydrogen) atoms. The third-order valence-corrected chi connectivity index (χ3v) is 2.31. The fraction of sp³-hybridized carbons (Fsp3) is 0.714. The molecular formula is C14H26O2. The SMILES string of the molecule is C1COCCO1.C=CC(=C)CCCC(C)C. The highest BCUT2D eigenvalue weighted by atomic mass is 16.6. The summed E-state index contributed by atoms with van der Waals surface area (Å²) < 4.78 is 9.89. The molecule has 0 aromatic carbocycles. The van der Waals surface area contributed by atoms with Crippen molar-refractivity contribution in [2.24, 2.45) is 5.92 Å². The van der Waals surface area contributed by atoms with E-state index in [-0.39, 0.29) is 0 Å². The first-order valence-electron chi connectivity index (χ1n) is 6.12. The number of rotatable bonds is 5. The molecule has 0 spiro atoms. The van der Waals surface area contributed by atoms with Gasteiger partial charge in [-0.25, -0.2) is 0 Å². The van der Waals surface area contributed by atoms with Crippen LogP contribution >= 0.6 is 0 Å². The van der Waals surface area contributed by atoms with E-state index in [0.717, 1.165) is 38.8 Å². The first-order chi connectivity index (χ1) is 7.66. The summed E-state index contributed by atoms with van der Waals surface area (Å²) in [6, 6.07) is 0. The first kappa shape index (κ1) is 15.4. The molecule has 1 rings (SSSR count). The Labute approximate surface area is 100 Å². The highest BCUT2D eigenvalue weighted by Gasteiger charge is 1.94. The van der Waals surface area contributed by atoms with E-state index in [1.54, 1.807) is 0 Å². The maximum Gasteiger partial charge on any atom is 0.0701 e. The monoisotopic (exact) mass is 226 g/mol. The van der Waals surface area contributed by atoms with Crippen LogP contribution in [0.1, 0.15) is 33.1 Å². The summed E-state index contributed by atoms with van der Waals surface area (Å²) in [6.07, 6.45) is 5.51. The van der Waals surface area contributed by atoms with Crippen LogP contribution in [0.15, 0.2) is 24.8 Å². The summed E-state index contributed by atoms with van der Waals surface area (Å²) in [5, 5.41) is 0. The number of hydrogen-bond acceptors (Lipinski definition) is 2. The molecule has 0 radical (unpaired) electrons. The molecule has 2 heteroatoms. The summed E-state index contributed by atoms with van der Waals surface area (Å²) in [6.45, 7) is 15.1. The minimum atomic E-state index is 0.778. The van der Waals surface area contributed by atoms with E-state index in [2.05, 4.69) is 27.0 Å². The Kier molecular flexibility index (Phi) is 10.5. The molecule has 0 bridgehead atoms. The predicted octanol–water partition coefficient (Wildman–Crippen LogP) is 3.59. The van der Waals surface area contributed by atoms with Crippen molar-refractivity contribution in [3.8, 4) is 0 Å². The minimum Gasteiger partial charge on any atom is -0.377 e. The van der Waals surface area contributed by atoms with Crippen LogP contribution < -0.4 is 0 Å². The fourth-order valence-electron chi connectivity index (χ4n) is 1.28. The molecule has 2 nitrogen and oxygen atoms in total. The van der Waals surface area contributed by atoms with Crippen LogP contribution in [0.5, 0.6) is 0 Å². The summed E-state index contributed by atoms with van der Waals surface area (Å²) in [4.78, 5) is 0. The molecule has 0 aliphatic carbocycles. The molecule has 0 aromatic rings. The smallest absolute Gasteiger partial charge is 0.0701 e. The molecule has 1 saturated heterocycles.